The predicted octanol–water partition coefficient (Wildman–Crippen LogP) is 9.07. The van der Waals surface area contributed by atoms with Crippen molar-refractivity contribution in [3.05, 3.63) is 189 Å². The van der Waals surface area contributed by atoms with Crippen LogP contribution in [0.15, 0.2) is 124 Å². The first-order valence-electron chi connectivity index (χ1n) is 24.6. The van der Waals surface area contributed by atoms with Crippen molar-refractivity contribution in [1.29, 1.82) is 0 Å². The fourth-order valence-electron chi connectivity index (χ4n) is 6.89. The molecule has 0 saturated heterocycles. The van der Waals surface area contributed by atoms with E-state index in [-0.39, 0.29) is 56.4 Å². The third-order valence-corrected chi connectivity index (χ3v) is 10.9. The zero-order valence-corrected chi connectivity index (χ0v) is 53.3. The van der Waals surface area contributed by atoms with E-state index in [1.165, 1.54) is 71.6 Å². The van der Waals surface area contributed by atoms with Crippen molar-refractivity contribution in [2.75, 3.05) is 56.6 Å². The molecule has 29 heteroatoms. The molecule has 0 fully saturated rings. The number of methoxy groups -OCH3 is 4. The molecule has 1 radical (unpaired) electrons. The predicted molar refractivity (Wildman–Crippen MR) is 306 cm³/mol. The second-order valence-electron chi connectivity index (χ2n) is 16.1. The van der Waals surface area contributed by atoms with Crippen LogP contribution in [0.2, 0.25) is 0 Å². The van der Waals surface area contributed by atoms with Crippen molar-refractivity contribution in [2.24, 2.45) is 32.1 Å². The van der Waals surface area contributed by atoms with Crippen molar-refractivity contribution in [2.45, 2.75) is 89.9 Å². The Hall–Kier alpha value is -8.23. The minimum atomic E-state index is -1.56. The quantitative estimate of drug-likeness (QED) is 0.0272. The molecular formula is C54H74AcN15O13-. The van der Waals surface area contributed by atoms with E-state index in [2.05, 4.69) is 104 Å². The normalized spacial score (nSPS) is 12.1. The number of fused-ring (bicyclic) bond motifs is 2. The van der Waals surface area contributed by atoms with Crippen LogP contribution in [0, 0.1) is 50.0 Å². The van der Waals surface area contributed by atoms with Crippen molar-refractivity contribution in [1.82, 2.24) is 5.32 Å². The minimum Gasteiger partial charge on any atom is -0.634 e. The molecule has 1 aliphatic heterocycles. The Bertz CT molecular complexity index is 2670. The SMILES string of the molecule is CCc1ccccc1CC.CN=[N+]=[N-].CN=[N+]=[N-].CN=[N+]=[N-].CN=[N+]=[N-].COC(=O)C(NC(C)=O)C(=O)OC.COC(=O)C1(C(=O)OC)Cc2ccccc2C[N-]1.NC(Cc1ccccc1)C(=O)O.O=C(O)C1CCc2ccccc2C1.[Ac]. The number of ether oxygens (including phenoxy) is 4. The molecule has 4 aromatic carbocycles. The topological polar surface area (TPSA) is 444 Å². The first-order valence-corrected chi connectivity index (χ1v) is 24.6. The van der Waals surface area contributed by atoms with Gasteiger partial charge in [-0.15, -0.1) is 6.54 Å². The molecule has 2 aliphatic rings. The molecule has 0 bridgehead atoms. The number of carboxylic acid groups (broad SMARTS) is 2. The van der Waals surface area contributed by atoms with E-state index in [1.54, 1.807) is 0 Å². The van der Waals surface area contributed by atoms with E-state index in [4.69, 9.17) is 47.5 Å². The molecule has 5 N–H and O–H groups in total. The van der Waals surface area contributed by atoms with Gasteiger partial charge in [0, 0.05) is 98.8 Å². The Balaban J connectivity index is -0.000000443. The van der Waals surface area contributed by atoms with Crippen LogP contribution in [-0.2, 0) is 97.6 Å². The van der Waals surface area contributed by atoms with E-state index in [0.29, 0.717) is 19.4 Å². The number of nitrogens with one attached hydrogen (secondary N) is 1. The van der Waals surface area contributed by atoms with Gasteiger partial charge in [-0.2, -0.15) is 0 Å². The average molecular weight is 1370 g/mol. The number of esters is 4. The summed E-state index contributed by atoms with van der Waals surface area (Å²) in [6, 6.07) is 31.5. The van der Waals surface area contributed by atoms with E-state index in [9.17, 15) is 33.6 Å². The Labute approximate surface area is 518 Å². The molecule has 2 unspecified atom stereocenters. The van der Waals surface area contributed by atoms with Gasteiger partial charge in [0.15, 0.2) is 0 Å². The van der Waals surface area contributed by atoms with Crippen molar-refractivity contribution in [3.63, 3.8) is 0 Å². The third kappa shape index (κ3) is 34.6. The van der Waals surface area contributed by atoms with Crippen LogP contribution in [0.3, 0.4) is 0 Å². The number of hydrogen-bond acceptors (Lipinski definition) is 16. The molecule has 6 rings (SSSR count). The first kappa shape index (κ1) is 81.2. The molecular weight excluding hydrogens is 1290 g/mol. The Kier molecular flexibility index (Phi) is 49.6. The van der Waals surface area contributed by atoms with Crippen LogP contribution in [0.5, 0.6) is 0 Å². The van der Waals surface area contributed by atoms with Crippen LogP contribution in [0.4, 0.5) is 0 Å². The summed E-state index contributed by atoms with van der Waals surface area (Å²) in [4.78, 5) is 86.7. The smallest absolute Gasteiger partial charge is 0.340 e. The summed E-state index contributed by atoms with van der Waals surface area (Å²) < 4.78 is 18.0. The standard InChI is InChI=1S/C13H14NO4.C11H12O2.C10H14.C9H11NO2.C7H11NO5.4CH3N3.Ac/c1-17-11(15)13(12(16)18-2)7-9-5-3-4-6-10(9)8-14-13;12-11(13)10-6-5-8-3-1-2-4-9(8)7-10;1-3-9-7-5-6-8-10(9)4-2;10-8(9(11)12)6-7-4-2-1-3-5-7;1-4(9)8-5(6(10)12-2)7(11)13-3;4*1-3-4-2;/h3-6H,7-8H2,1-2H3;1-4,10H,5-7H2,(H,12,13);5-8H,3-4H2,1-2H3;1-5,8H,6,10H2,(H,11,12);5H,1-3H3,(H,8,9);4*1H3;/q-1;;;;;;;;;. The molecule has 83 heavy (non-hydrogen) atoms. The van der Waals surface area contributed by atoms with Gasteiger partial charge >= 0.3 is 35.8 Å². The number of carbonyl (C=O) groups is 7. The van der Waals surface area contributed by atoms with E-state index in [0.717, 1.165) is 56.6 Å². The van der Waals surface area contributed by atoms with Crippen molar-refractivity contribution in [3.8, 4) is 0 Å². The van der Waals surface area contributed by atoms with Crippen LogP contribution >= 0.6 is 0 Å². The monoisotopic (exact) mass is 1370 g/mol. The zero-order valence-electron chi connectivity index (χ0n) is 48.6. The molecule has 28 nitrogen and oxygen atoms in total. The average Bonchev–Trinajstić information content (AvgIpc) is 3.61. The van der Waals surface area contributed by atoms with Crippen LogP contribution in [-0.4, -0.2) is 126 Å². The summed E-state index contributed by atoms with van der Waals surface area (Å²) in [6.45, 7) is 5.89. The maximum Gasteiger partial charge on any atom is 0.340 e. The van der Waals surface area contributed by atoms with Gasteiger partial charge in [-0.1, -0.05) is 143 Å². The number of benzene rings is 4. The number of carboxylic acids is 2. The third-order valence-electron chi connectivity index (χ3n) is 10.9. The van der Waals surface area contributed by atoms with Gasteiger partial charge in [0.25, 0.3) is 0 Å². The van der Waals surface area contributed by atoms with Gasteiger partial charge in [-0.3, -0.25) is 24.0 Å². The molecule has 0 aromatic heterocycles. The van der Waals surface area contributed by atoms with Gasteiger partial charge in [0.1, 0.15) is 6.04 Å². The summed E-state index contributed by atoms with van der Waals surface area (Å²) >= 11 is 0. The maximum atomic E-state index is 11.9. The van der Waals surface area contributed by atoms with Gasteiger partial charge in [0.05, 0.1) is 39.9 Å². The second kappa shape index (κ2) is 50.7. The largest absolute Gasteiger partial charge is 0.634 e. The van der Waals surface area contributed by atoms with Crippen LogP contribution in [0.1, 0.15) is 66.1 Å². The molecule has 4 aromatic rings. The first-order chi connectivity index (χ1) is 39.2. The Morgan fingerprint density at radius 3 is 1.39 bits per heavy atom. The molecule has 0 saturated carbocycles. The number of nitrogens with two attached hydrogens (primary N) is 1. The van der Waals surface area contributed by atoms with Gasteiger partial charge < -0.3 is 45.5 Å². The second-order valence-corrected chi connectivity index (χ2v) is 16.1. The molecule has 0 spiro atoms. The van der Waals surface area contributed by atoms with E-state index < -0.39 is 59.3 Å². The Morgan fingerprint density at radius 2 is 1.02 bits per heavy atom. The van der Waals surface area contributed by atoms with Crippen LogP contribution in [0.25, 0.3) is 47.1 Å². The van der Waals surface area contributed by atoms with Crippen molar-refractivity contribution < 1.29 is 107 Å². The van der Waals surface area contributed by atoms with E-state index in [1.807, 2.05) is 72.8 Å². The fourth-order valence-corrected chi connectivity index (χ4v) is 6.89. The number of hydrogen-bond donors (Lipinski definition) is 4. The summed E-state index contributed by atoms with van der Waals surface area (Å²) in [7, 11) is 10.3. The van der Waals surface area contributed by atoms with E-state index >= 15 is 0 Å². The molecule has 447 valence electrons. The van der Waals surface area contributed by atoms with Crippen molar-refractivity contribution >= 4 is 41.7 Å². The number of aryl methyl sites for hydroxylation is 3. The number of carbonyl (C=O) groups excluding carboxylic acids is 5. The van der Waals surface area contributed by atoms with Gasteiger partial charge in [-0.05, 0) is 100 Å². The number of amides is 1. The number of azide groups is 4. The molecule has 2 atom stereocenters. The molecule has 1 heterocycles. The Morgan fingerprint density at radius 1 is 0.639 bits per heavy atom. The van der Waals surface area contributed by atoms with Gasteiger partial charge in [-0.25, -0.2) is 9.59 Å². The summed E-state index contributed by atoms with van der Waals surface area (Å²) in [5, 5.41) is 35.3. The summed E-state index contributed by atoms with van der Waals surface area (Å²) in [5.41, 5.74) is 41.5. The summed E-state index contributed by atoms with van der Waals surface area (Å²) in [6.07, 6.45) is 5.28. The zero-order chi connectivity index (χ0) is 62.9. The van der Waals surface area contributed by atoms with Crippen LogP contribution < -0.4 is 11.1 Å². The summed E-state index contributed by atoms with van der Waals surface area (Å²) in [5.74, 6) is -5.37. The maximum absolute atomic E-state index is 11.9. The number of rotatable bonds is 11. The molecule has 1 amide bonds. The number of aliphatic carboxylic acids is 2. The molecule has 1 aliphatic carbocycles. The minimum absolute atomic E-state index is 0. The van der Waals surface area contributed by atoms with Gasteiger partial charge in [0.2, 0.25) is 11.9 Å². The number of nitrogens with zero attached hydrogens (tertiary/aromatic N) is 13. The fraction of sp³-hybridized carbons (Fsp3) is 0.426.